The monoisotopic (exact) mass is 416 g/mol. The maximum Gasteiger partial charge on any atom is 0.271 e. The number of nitrogens with zero attached hydrogens (tertiary/aromatic N) is 3. The zero-order chi connectivity index (χ0) is 20.9. The highest BCUT2D eigenvalue weighted by atomic mass is 32.2. The minimum atomic E-state index is -3.64. The van der Waals surface area contributed by atoms with Crippen LogP contribution >= 0.6 is 0 Å². The summed E-state index contributed by atoms with van der Waals surface area (Å²) in [7, 11) is -3.64. The lowest BCUT2D eigenvalue weighted by Gasteiger charge is -2.25. The first kappa shape index (κ1) is 20.6. The van der Waals surface area contributed by atoms with E-state index in [1.54, 1.807) is 6.07 Å². The summed E-state index contributed by atoms with van der Waals surface area (Å²) in [6.07, 6.45) is 3.94. The molecule has 0 spiro atoms. The summed E-state index contributed by atoms with van der Waals surface area (Å²) in [5, 5.41) is 14.6. The highest BCUT2D eigenvalue weighted by Gasteiger charge is 2.26. The Morgan fingerprint density at radius 1 is 1.10 bits per heavy atom. The Labute approximate surface area is 168 Å². The molecule has 1 heterocycles. The largest absolute Gasteiger partial charge is 0.271 e. The van der Waals surface area contributed by atoms with Crippen molar-refractivity contribution < 1.29 is 18.1 Å². The van der Waals surface area contributed by atoms with Crippen LogP contribution in [0.25, 0.3) is 0 Å². The first-order valence-electron chi connectivity index (χ1n) is 9.06. The molecule has 0 aliphatic carbocycles. The maximum atomic E-state index is 12.8. The second-order valence-electron chi connectivity index (χ2n) is 6.54. The van der Waals surface area contributed by atoms with E-state index in [0.29, 0.717) is 18.7 Å². The number of rotatable bonds is 6. The first-order valence-corrected chi connectivity index (χ1v) is 10.5. The molecule has 2 aromatic carbocycles. The fraction of sp³-hybridized carbons (Fsp3) is 0.263. The molecule has 10 heteroatoms. The number of carbonyl (C=O) groups excluding carboxylic acids is 1. The fourth-order valence-corrected chi connectivity index (χ4v) is 4.56. The van der Waals surface area contributed by atoms with Crippen molar-refractivity contribution in [3.8, 4) is 0 Å². The number of carbonyl (C=O) groups is 1. The number of benzene rings is 2. The number of nitro benzene ring substituents is 1. The third-order valence-corrected chi connectivity index (χ3v) is 6.40. The zero-order valence-electron chi connectivity index (χ0n) is 15.5. The van der Waals surface area contributed by atoms with Gasteiger partial charge in [0, 0.05) is 36.3 Å². The van der Waals surface area contributed by atoms with Crippen LogP contribution in [0.1, 0.15) is 35.2 Å². The Balaban J connectivity index is 1.71. The normalized spacial score (nSPS) is 15.3. The number of hydrogen-bond donors (Lipinski definition) is 1. The summed E-state index contributed by atoms with van der Waals surface area (Å²) < 4.78 is 27.0. The third-order valence-electron chi connectivity index (χ3n) is 4.51. The van der Waals surface area contributed by atoms with Gasteiger partial charge in [-0.3, -0.25) is 14.9 Å². The molecule has 1 aliphatic heterocycles. The average molecular weight is 416 g/mol. The van der Waals surface area contributed by atoms with E-state index in [4.69, 9.17) is 0 Å². The number of nitrogens with one attached hydrogen (secondary N) is 1. The second kappa shape index (κ2) is 8.93. The van der Waals surface area contributed by atoms with Gasteiger partial charge in [-0.25, -0.2) is 13.8 Å². The van der Waals surface area contributed by atoms with Crippen molar-refractivity contribution >= 4 is 27.8 Å². The van der Waals surface area contributed by atoms with Gasteiger partial charge in [0.15, 0.2) is 0 Å². The Kier molecular flexibility index (Phi) is 6.35. The standard InChI is InChI=1S/C19H20N4O5S/c24-19(21-20-14-15-6-4-8-17(12-15)23(25)26)16-7-5-9-18(13-16)29(27,28)22-10-2-1-3-11-22/h4-9,12-14H,1-3,10-11H2,(H,21,24)/b20-14+. The predicted molar refractivity (Wildman–Crippen MR) is 107 cm³/mol. The van der Waals surface area contributed by atoms with Gasteiger partial charge in [-0.15, -0.1) is 0 Å². The molecule has 0 bridgehead atoms. The molecule has 0 saturated carbocycles. The van der Waals surface area contributed by atoms with Gasteiger partial charge in [-0.1, -0.05) is 24.6 Å². The molecule has 0 radical (unpaired) electrons. The van der Waals surface area contributed by atoms with Crippen LogP contribution in [0.2, 0.25) is 0 Å². The van der Waals surface area contributed by atoms with Crippen molar-refractivity contribution in [3.05, 3.63) is 69.8 Å². The molecule has 3 rings (SSSR count). The quantitative estimate of drug-likeness (QED) is 0.440. The Morgan fingerprint density at radius 3 is 2.55 bits per heavy atom. The molecule has 2 aromatic rings. The van der Waals surface area contributed by atoms with Gasteiger partial charge in [-0.2, -0.15) is 9.41 Å². The molecular weight excluding hydrogens is 396 g/mol. The van der Waals surface area contributed by atoms with Gasteiger partial charge in [0.2, 0.25) is 10.0 Å². The minimum absolute atomic E-state index is 0.0645. The zero-order valence-corrected chi connectivity index (χ0v) is 16.3. The van der Waals surface area contributed by atoms with Gasteiger partial charge in [0.05, 0.1) is 16.0 Å². The molecule has 152 valence electrons. The molecule has 29 heavy (non-hydrogen) atoms. The van der Waals surface area contributed by atoms with Gasteiger partial charge in [-0.05, 0) is 31.0 Å². The highest BCUT2D eigenvalue weighted by molar-refractivity contribution is 7.89. The minimum Gasteiger partial charge on any atom is -0.267 e. The number of non-ortho nitro benzene ring substituents is 1. The van der Waals surface area contributed by atoms with Crippen molar-refractivity contribution in [2.24, 2.45) is 5.10 Å². The Hall–Kier alpha value is -3.11. The number of hydrogen-bond acceptors (Lipinski definition) is 6. The average Bonchev–Trinajstić information content (AvgIpc) is 2.74. The van der Waals surface area contributed by atoms with Crippen LogP contribution in [-0.2, 0) is 10.0 Å². The topological polar surface area (TPSA) is 122 Å². The maximum absolute atomic E-state index is 12.8. The smallest absolute Gasteiger partial charge is 0.267 e. The lowest BCUT2D eigenvalue weighted by Crippen LogP contribution is -2.35. The van der Waals surface area contributed by atoms with Crippen LogP contribution in [0.4, 0.5) is 5.69 Å². The predicted octanol–water partition coefficient (Wildman–Crippen LogP) is 2.53. The molecule has 0 unspecified atom stereocenters. The van der Waals surface area contributed by atoms with Crippen molar-refractivity contribution in [3.63, 3.8) is 0 Å². The van der Waals surface area contributed by atoms with Crippen LogP contribution in [0.3, 0.4) is 0 Å². The summed E-state index contributed by atoms with van der Waals surface area (Å²) in [5.74, 6) is -0.581. The van der Waals surface area contributed by atoms with E-state index in [1.165, 1.54) is 53.0 Å². The van der Waals surface area contributed by atoms with E-state index in [0.717, 1.165) is 19.3 Å². The molecule has 0 atom stereocenters. The van der Waals surface area contributed by atoms with E-state index in [-0.39, 0.29) is 16.1 Å². The molecule has 0 aromatic heterocycles. The van der Waals surface area contributed by atoms with Gasteiger partial charge in [0.1, 0.15) is 0 Å². The summed E-state index contributed by atoms with van der Waals surface area (Å²) >= 11 is 0. The highest BCUT2D eigenvalue weighted by Crippen LogP contribution is 2.21. The number of hydrazone groups is 1. The second-order valence-corrected chi connectivity index (χ2v) is 8.48. The molecule has 1 N–H and O–H groups in total. The first-order chi connectivity index (χ1) is 13.9. The van der Waals surface area contributed by atoms with E-state index in [1.807, 2.05) is 0 Å². The Morgan fingerprint density at radius 2 is 1.83 bits per heavy atom. The molecule has 1 aliphatic rings. The molecule has 1 fully saturated rings. The van der Waals surface area contributed by atoms with Crippen molar-refractivity contribution in [2.45, 2.75) is 24.2 Å². The van der Waals surface area contributed by atoms with E-state index in [9.17, 15) is 23.3 Å². The van der Waals surface area contributed by atoms with Crippen molar-refractivity contribution in [1.29, 1.82) is 0 Å². The summed E-state index contributed by atoms with van der Waals surface area (Å²) in [6, 6.07) is 11.6. The van der Waals surface area contributed by atoms with Crippen molar-refractivity contribution in [2.75, 3.05) is 13.1 Å². The van der Waals surface area contributed by atoms with Crippen LogP contribution in [0.5, 0.6) is 0 Å². The number of amides is 1. The van der Waals surface area contributed by atoms with Gasteiger partial charge in [0.25, 0.3) is 11.6 Å². The van der Waals surface area contributed by atoms with E-state index < -0.39 is 20.9 Å². The van der Waals surface area contributed by atoms with E-state index in [2.05, 4.69) is 10.5 Å². The SMILES string of the molecule is O=C(N/N=C/c1cccc([N+](=O)[O-])c1)c1cccc(S(=O)(=O)N2CCCCC2)c1. The van der Waals surface area contributed by atoms with Crippen LogP contribution < -0.4 is 5.43 Å². The number of nitro groups is 1. The summed E-state index contributed by atoms with van der Waals surface area (Å²) in [5.41, 5.74) is 2.82. The fourth-order valence-electron chi connectivity index (χ4n) is 3.00. The number of sulfonamides is 1. The number of piperidine rings is 1. The lowest BCUT2D eigenvalue weighted by atomic mass is 10.2. The summed E-state index contributed by atoms with van der Waals surface area (Å²) in [4.78, 5) is 22.7. The van der Waals surface area contributed by atoms with Crippen LogP contribution in [0.15, 0.2) is 58.5 Å². The third kappa shape index (κ3) is 5.04. The van der Waals surface area contributed by atoms with Crippen LogP contribution in [0, 0.1) is 10.1 Å². The molecule has 1 amide bonds. The lowest BCUT2D eigenvalue weighted by molar-refractivity contribution is -0.384. The summed E-state index contributed by atoms with van der Waals surface area (Å²) in [6.45, 7) is 0.957. The molecule has 1 saturated heterocycles. The van der Waals surface area contributed by atoms with Gasteiger partial charge < -0.3 is 0 Å². The molecule has 9 nitrogen and oxygen atoms in total. The van der Waals surface area contributed by atoms with Crippen LogP contribution in [-0.4, -0.2) is 42.9 Å². The van der Waals surface area contributed by atoms with E-state index >= 15 is 0 Å². The Bertz CT molecular complexity index is 1050. The van der Waals surface area contributed by atoms with Crippen molar-refractivity contribution in [1.82, 2.24) is 9.73 Å². The molecular formula is C19H20N4O5S. The van der Waals surface area contributed by atoms with Gasteiger partial charge >= 0.3 is 0 Å².